The van der Waals surface area contributed by atoms with Gasteiger partial charge in [-0.1, -0.05) is 42.1 Å². The van der Waals surface area contributed by atoms with Crippen molar-refractivity contribution in [1.29, 1.82) is 0 Å². The van der Waals surface area contributed by atoms with Gasteiger partial charge in [0.2, 0.25) is 0 Å². The summed E-state index contributed by atoms with van der Waals surface area (Å²) in [6, 6.07) is 6.11. The molecule has 1 aliphatic carbocycles. The molecule has 2 heterocycles. The minimum absolute atomic E-state index is 0.265. The summed E-state index contributed by atoms with van der Waals surface area (Å²) in [6.07, 6.45) is 6.79. The van der Waals surface area contributed by atoms with Crippen LogP contribution in [0.5, 0.6) is 0 Å². The molecule has 0 bridgehead atoms. The smallest absolute Gasteiger partial charge is 0.182 e. The Morgan fingerprint density at radius 3 is 2.62 bits per heavy atom. The van der Waals surface area contributed by atoms with Crippen LogP contribution in [-0.2, 0) is 20.6 Å². The van der Waals surface area contributed by atoms with Gasteiger partial charge in [-0.05, 0) is 37.0 Å². The number of likely N-dealkylation sites (tertiary alicyclic amines) is 1. The van der Waals surface area contributed by atoms with Crippen LogP contribution in [0.2, 0.25) is 10.0 Å². The lowest BCUT2D eigenvalue weighted by molar-refractivity contribution is -0.149. The lowest BCUT2D eigenvalue weighted by Crippen LogP contribution is -2.47. The van der Waals surface area contributed by atoms with Gasteiger partial charge in [-0.3, -0.25) is 4.90 Å². The Morgan fingerprint density at radius 1 is 1.12 bits per heavy atom. The van der Waals surface area contributed by atoms with Gasteiger partial charge in [0.25, 0.3) is 0 Å². The fraction of sp³-hybridized carbons (Fsp3) is 0.700. The van der Waals surface area contributed by atoms with E-state index in [1.165, 1.54) is 19.3 Å². The highest BCUT2D eigenvalue weighted by Gasteiger charge is 2.46. The highest BCUT2D eigenvalue weighted by Crippen LogP contribution is 2.35. The molecule has 0 aromatic heterocycles. The van der Waals surface area contributed by atoms with Crippen molar-refractivity contribution in [2.75, 3.05) is 32.9 Å². The van der Waals surface area contributed by atoms with E-state index in [1.807, 2.05) is 18.2 Å². The second kappa shape index (κ2) is 8.34. The lowest BCUT2D eigenvalue weighted by atomic mass is 9.91. The summed E-state index contributed by atoms with van der Waals surface area (Å²) in [5.74, 6) is -0.354. The van der Waals surface area contributed by atoms with E-state index >= 15 is 0 Å². The second-order valence-electron chi connectivity index (χ2n) is 7.54. The first kappa shape index (κ1) is 19.0. The van der Waals surface area contributed by atoms with Gasteiger partial charge < -0.3 is 14.2 Å². The van der Waals surface area contributed by atoms with Gasteiger partial charge in [-0.2, -0.15) is 0 Å². The van der Waals surface area contributed by atoms with Crippen LogP contribution in [0, 0.1) is 0 Å². The summed E-state index contributed by atoms with van der Waals surface area (Å²) in [7, 11) is 0. The van der Waals surface area contributed by atoms with E-state index in [0.717, 1.165) is 61.2 Å². The molecule has 1 aromatic carbocycles. The number of benzene rings is 1. The fourth-order valence-corrected chi connectivity index (χ4v) is 5.16. The van der Waals surface area contributed by atoms with Gasteiger partial charge in [0.15, 0.2) is 5.79 Å². The Kier molecular flexibility index (Phi) is 6.09. The van der Waals surface area contributed by atoms with Gasteiger partial charge in [0.05, 0.1) is 32.5 Å². The lowest BCUT2D eigenvalue weighted by Gasteiger charge is -2.38. The maximum atomic E-state index is 6.33. The molecule has 1 saturated carbocycles. The average Bonchev–Trinajstić information content (AvgIpc) is 3.28. The van der Waals surface area contributed by atoms with Crippen molar-refractivity contribution in [3.8, 4) is 0 Å². The van der Waals surface area contributed by atoms with E-state index in [-0.39, 0.29) is 11.9 Å². The maximum Gasteiger partial charge on any atom is 0.182 e. The van der Waals surface area contributed by atoms with Crippen LogP contribution in [0.25, 0.3) is 0 Å². The van der Waals surface area contributed by atoms with Crippen molar-refractivity contribution in [2.24, 2.45) is 0 Å². The Bertz CT molecular complexity index is 601. The summed E-state index contributed by atoms with van der Waals surface area (Å²) in [4.78, 5) is 2.53. The molecule has 3 aliphatic rings. The monoisotopic (exact) mass is 399 g/mol. The standard InChI is InChI=1S/C20H27Cl2NO3/c21-16-4-3-5-17(22)15(16)8-11-24-19-7-2-1-6-18(19)23-10-9-20(14-23)25-12-13-26-20/h3-5,18-19H,1-2,6-14H2/t18-,19-/m0/s1. The number of rotatable bonds is 5. The molecule has 0 unspecified atom stereocenters. The molecule has 1 aromatic rings. The molecule has 1 spiro atoms. The van der Waals surface area contributed by atoms with E-state index in [1.54, 1.807) is 0 Å². The largest absolute Gasteiger partial charge is 0.376 e. The molecule has 2 atom stereocenters. The predicted molar refractivity (Wildman–Crippen MR) is 103 cm³/mol. The zero-order chi connectivity index (χ0) is 18.0. The molecule has 0 amide bonds. The van der Waals surface area contributed by atoms with Crippen molar-refractivity contribution >= 4 is 23.2 Å². The number of nitrogens with zero attached hydrogens (tertiary/aromatic N) is 1. The van der Waals surface area contributed by atoms with Crippen LogP contribution in [0.1, 0.15) is 37.7 Å². The van der Waals surface area contributed by atoms with Crippen molar-refractivity contribution in [2.45, 2.75) is 56.5 Å². The van der Waals surface area contributed by atoms with E-state index in [4.69, 9.17) is 37.4 Å². The van der Waals surface area contributed by atoms with E-state index in [0.29, 0.717) is 12.6 Å². The number of hydrogen-bond donors (Lipinski definition) is 0. The summed E-state index contributed by atoms with van der Waals surface area (Å²) in [5, 5.41) is 1.44. The highest BCUT2D eigenvalue weighted by molar-refractivity contribution is 6.35. The molecular weight excluding hydrogens is 373 g/mol. The van der Waals surface area contributed by atoms with Gasteiger partial charge in [-0.15, -0.1) is 0 Å². The Hall–Kier alpha value is -0.360. The maximum absolute atomic E-state index is 6.33. The number of hydrogen-bond acceptors (Lipinski definition) is 4. The molecule has 3 fully saturated rings. The van der Waals surface area contributed by atoms with Crippen LogP contribution in [-0.4, -0.2) is 55.7 Å². The van der Waals surface area contributed by atoms with E-state index in [2.05, 4.69) is 4.90 Å². The third kappa shape index (κ3) is 4.06. The summed E-state index contributed by atoms with van der Waals surface area (Å²) >= 11 is 12.6. The van der Waals surface area contributed by atoms with Crippen molar-refractivity contribution in [1.82, 2.24) is 4.90 Å². The molecule has 4 rings (SSSR count). The third-order valence-electron chi connectivity index (χ3n) is 5.92. The van der Waals surface area contributed by atoms with Crippen LogP contribution in [0.4, 0.5) is 0 Å². The summed E-state index contributed by atoms with van der Waals surface area (Å²) in [5.41, 5.74) is 0.982. The van der Waals surface area contributed by atoms with Gasteiger partial charge in [0.1, 0.15) is 0 Å². The molecule has 0 radical (unpaired) electrons. The van der Waals surface area contributed by atoms with Gasteiger partial charge in [0, 0.05) is 29.1 Å². The molecule has 4 nitrogen and oxygen atoms in total. The zero-order valence-electron chi connectivity index (χ0n) is 15.1. The SMILES string of the molecule is Clc1cccc(Cl)c1CCO[C@H]1CCCC[C@@H]1N1CCC2(C1)OCCO2. The predicted octanol–water partition coefficient (Wildman–Crippen LogP) is 4.31. The molecule has 0 N–H and O–H groups in total. The first-order valence-corrected chi connectivity index (χ1v) is 10.5. The molecule has 6 heteroatoms. The third-order valence-corrected chi connectivity index (χ3v) is 6.63. The molecule has 2 saturated heterocycles. The topological polar surface area (TPSA) is 30.9 Å². The average molecular weight is 400 g/mol. The van der Waals surface area contributed by atoms with Gasteiger partial charge >= 0.3 is 0 Å². The van der Waals surface area contributed by atoms with Crippen molar-refractivity contribution in [3.05, 3.63) is 33.8 Å². The van der Waals surface area contributed by atoms with Crippen LogP contribution >= 0.6 is 23.2 Å². The summed E-state index contributed by atoms with van der Waals surface area (Å²) < 4.78 is 18.1. The molecular formula is C20H27Cl2NO3. The molecule has 26 heavy (non-hydrogen) atoms. The first-order valence-electron chi connectivity index (χ1n) is 9.73. The quantitative estimate of drug-likeness (QED) is 0.737. The number of ether oxygens (including phenoxy) is 3. The fourth-order valence-electron chi connectivity index (χ4n) is 4.57. The minimum atomic E-state index is -0.354. The minimum Gasteiger partial charge on any atom is -0.376 e. The van der Waals surface area contributed by atoms with Gasteiger partial charge in [-0.25, -0.2) is 0 Å². The normalized spacial score (nSPS) is 28.8. The zero-order valence-corrected chi connectivity index (χ0v) is 16.6. The van der Waals surface area contributed by atoms with Crippen LogP contribution < -0.4 is 0 Å². The summed E-state index contributed by atoms with van der Waals surface area (Å²) in [6.45, 7) is 3.99. The second-order valence-corrected chi connectivity index (χ2v) is 8.35. The molecule has 2 aliphatic heterocycles. The Morgan fingerprint density at radius 2 is 1.85 bits per heavy atom. The van der Waals surface area contributed by atoms with Crippen LogP contribution in [0.15, 0.2) is 18.2 Å². The highest BCUT2D eigenvalue weighted by atomic mass is 35.5. The van der Waals surface area contributed by atoms with Crippen molar-refractivity contribution in [3.63, 3.8) is 0 Å². The number of halogens is 2. The van der Waals surface area contributed by atoms with Crippen LogP contribution in [0.3, 0.4) is 0 Å². The van der Waals surface area contributed by atoms with E-state index in [9.17, 15) is 0 Å². The Labute approximate surface area is 165 Å². The Balaban J connectivity index is 1.34. The van der Waals surface area contributed by atoms with E-state index < -0.39 is 0 Å². The van der Waals surface area contributed by atoms with Crippen molar-refractivity contribution < 1.29 is 14.2 Å². The molecule has 144 valence electrons. The first-order chi connectivity index (χ1) is 12.7.